The number of rotatable bonds is 3. The lowest BCUT2D eigenvalue weighted by molar-refractivity contribution is 0.225. The fourth-order valence-electron chi connectivity index (χ4n) is 2.20. The average Bonchev–Trinajstić information content (AvgIpc) is 2.97. The highest BCUT2D eigenvalue weighted by Gasteiger charge is 2.18. The van der Waals surface area contributed by atoms with Gasteiger partial charge in [0, 0.05) is 13.1 Å². The van der Waals surface area contributed by atoms with Crippen LogP contribution in [0.4, 0.5) is 0 Å². The van der Waals surface area contributed by atoms with Crippen molar-refractivity contribution in [1.82, 2.24) is 20.3 Å². The molecule has 0 radical (unpaired) electrons. The third-order valence-corrected chi connectivity index (χ3v) is 3.12. The largest absolute Gasteiger partial charge is 0.487 e. The van der Waals surface area contributed by atoms with Crippen molar-refractivity contribution in [2.75, 3.05) is 13.1 Å². The Morgan fingerprint density at radius 3 is 3.24 bits per heavy atom. The van der Waals surface area contributed by atoms with E-state index in [2.05, 4.69) is 22.6 Å². The molecule has 5 heteroatoms. The molecule has 1 saturated heterocycles. The van der Waals surface area contributed by atoms with Crippen LogP contribution in [0.5, 0.6) is 5.75 Å². The molecule has 0 spiro atoms. The molecule has 1 aromatic carbocycles. The number of ether oxygens (including phenoxy) is 1. The average molecular weight is 232 g/mol. The van der Waals surface area contributed by atoms with Crippen LogP contribution in [0.25, 0.3) is 11.0 Å². The van der Waals surface area contributed by atoms with Gasteiger partial charge < -0.3 is 10.1 Å². The molecule has 0 saturated carbocycles. The molecule has 1 fully saturated rings. The Morgan fingerprint density at radius 1 is 1.53 bits per heavy atom. The maximum Gasteiger partial charge on any atom is 0.155 e. The topological polar surface area (TPSA) is 52.0 Å². The third-order valence-electron chi connectivity index (χ3n) is 3.12. The molecular formula is C12H16N4O. The van der Waals surface area contributed by atoms with Crippen molar-refractivity contribution in [2.45, 2.75) is 26.0 Å². The van der Waals surface area contributed by atoms with Crippen molar-refractivity contribution in [2.24, 2.45) is 0 Å². The quantitative estimate of drug-likeness (QED) is 0.863. The molecule has 2 heterocycles. The molecule has 17 heavy (non-hydrogen) atoms. The Morgan fingerprint density at radius 2 is 2.47 bits per heavy atom. The molecule has 3 rings (SSSR count). The molecule has 0 bridgehead atoms. The van der Waals surface area contributed by atoms with Gasteiger partial charge in [-0.15, -0.1) is 5.10 Å². The number of aromatic nitrogens is 3. The van der Waals surface area contributed by atoms with Crippen LogP contribution in [-0.2, 0) is 6.54 Å². The van der Waals surface area contributed by atoms with E-state index in [9.17, 15) is 0 Å². The summed E-state index contributed by atoms with van der Waals surface area (Å²) < 4.78 is 7.85. The van der Waals surface area contributed by atoms with Crippen LogP contribution in [0.2, 0.25) is 0 Å². The van der Waals surface area contributed by atoms with E-state index in [1.165, 1.54) is 0 Å². The Labute approximate surface area is 99.8 Å². The molecule has 1 atom stereocenters. The Balaban J connectivity index is 1.95. The molecular weight excluding hydrogens is 216 g/mol. The van der Waals surface area contributed by atoms with E-state index in [0.717, 1.165) is 42.8 Å². The molecule has 1 aliphatic rings. The van der Waals surface area contributed by atoms with Crippen LogP contribution in [-0.4, -0.2) is 34.2 Å². The minimum Gasteiger partial charge on any atom is -0.487 e. The first-order chi connectivity index (χ1) is 8.38. The lowest BCUT2D eigenvalue weighted by Gasteiger charge is -2.12. The van der Waals surface area contributed by atoms with Crippen molar-refractivity contribution in [3.8, 4) is 5.75 Å². The van der Waals surface area contributed by atoms with Gasteiger partial charge in [-0.25, -0.2) is 4.68 Å². The van der Waals surface area contributed by atoms with Crippen LogP contribution in [0.15, 0.2) is 18.2 Å². The number of nitrogens with zero attached hydrogens (tertiary/aromatic N) is 3. The number of hydrogen-bond acceptors (Lipinski definition) is 4. The second-order valence-electron chi connectivity index (χ2n) is 4.26. The van der Waals surface area contributed by atoms with Gasteiger partial charge in [-0.1, -0.05) is 11.3 Å². The zero-order chi connectivity index (χ0) is 11.7. The van der Waals surface area contributed by atoms with Crippen LogP contribution < -0.4 is 10.1 Å². The summed E-state index contributed by atoms with van der Waals surface area (Å²) in [5.74, 6) is 0.843. The maximum absolute atomic E-state index is 5.97. The SMILES string of the molecule is CCn1nnc2c(OC3CCNC3)cccc21. The summed E-state index contributed by atoms with van der Waals surface area (Å²) in [5.41, 5.74) is 1.90. The minimum absolute atomic E-state index is 0.257. The summed E-state index contributed by atoms with van der Waals surface area (Å²) in [5, 5.41) is 11.6. The zero-order valence-electron chi connectivity index (χ0n) is 9.89. The fourth-order valence-corrected chi connectivity index (χ4v) is 2.20. The summed E-state index contributed by atoms with van der Waals surface area (Å²) in [6, 6.07) is 5.99. The van der Waals surface area contributed by atoms with Crippen LogP contribution in [0.3, 0.4) is 0 Å². The van der Waals surface area contributed by atoms with Crippen molar-refractivity contribution >= 4 is 11.0 Å². The smallest absolute Gasteiger partial charge is 0.155 e. The highest BCUT2D eigenvalue weighted by atomic mass is 16.5. The van der Waals surface area contributed by atoms with E-state index in [1.807, 2.05) is 22.9 Å². The maximum atomic E-state index is 5.97. The number of benzene rings is 1. The highest BCUT2D eigenvalue weighted by Crippen LogP contribution is 2.25. The van der Waals surface area contributed by atoms with Crippen molar-refractivity contribution in [1.29, 1.82) is 0 Å². The minimum atomic E-state index is 0.257. The Kier molecular flexibility index (Phi) is 2.68. The summed E-state index contributed by atoms with van der Waals surface area (Å²) in [4.78, 5) is 0. The molecule has 2 aromatic rings. The standard InChI is InChI=1S/C12H16N4O/c1-2-16-10-4-3-5-11(12(10)14-15-16)17-9-6-7-13-8-9/h3-5,9,13H,2,6-8H2,1H3. The normalized spacial score (nSPS) is 19.9. The number of aryl methyl sites for hydroxylation is 1. The zero-order valence-corrected chi connectivity index (χ0v) is 9.89. The van der Waals surface area contributed by atoms with E-state index < -0.39 is 0 Å². The summed E-state index contributed by atoms with van der Waals surface area (Å²) in [7, 11) is 0. The van der Waals surface area contributed by atoms with Gasteiger partial charge in [-0.2, -0.15) is 0 Å². The van der Waals surface area contributed by atoms with Gasteiger partial charge in [0.15, 0.2) is 5.52 Å². The van der Waals surface area contributed by atoms with Gasteiger partial charge in [-0.05, 0) is 32.0 Å². The Bertz CT molecular complexity index is 516. The van der Waals surface area contributed by atoms with Gasteiger partial charge in [-0.3, -0.25) is 0 Å². The van der Waals surface area contributed by atoms with E-state index in [4.69, 9.17) is 4.74 Å². The van der Waals surface area contributed by atoms with Gasteiger partial charge in [0.05, 0.1) is 5.52 Å². The fraction of sp³-hybridized carbons (Fsp3) is 0.500. The van der Waals surface area contributed by atoms with Gasteiger partial charge in [0.1, 0.15) is 11.9 Å². The predicted octanol–water partition coefficient (Wildman–Crippen LogP) is 1.19. The molecule has 1 aliphatic heterocycles. The monoisotopic (exact) mass is 232 g/mol. The first-order valence-corrected chi connectivity index (χ1v) is 6.08. The lowest BCUT2D eigenvalue weighted by atomic mass is 10.2. The van der Waals surface area contributed by atoms with Crippen LogP contribution in [0.1, 0.15) is 13.3 Å². The van der Waals surface area contributed by atoms with Gasteiger partial charge in [0.2, 0.25) is 0 Å². The summed E-state index contributed by atoms with van der Waals surface area (Å²) in [6.45, 7) is 4.83. The number of fused-ring (bicyclic) bond motifs is 1. The molecule has 0 aliphatic carbocycles. The second kappa shape index (κ2) is 4.33. The molecule has 0 amide bonds. The van der Waals surface area contributed by atoms with E-state index in [-0.39, 0.29) is 6.10 Å². The first-order valence-electron chi connectivity index (χ1n) is 6.08. The third kappa shape index (κ3) is 1.86. The van der Waals surface area contributed by atoms with Crippen molar-refractivity contribution in [3.63, 3.8) is 0 Å². The summed E-state index contributed by atoms with van der Waals surface area (Å²) in [6.07, 6.45) is 1.31. The molecule has 1 aromatic heterocycles. The van der Waals surface area contributed by atoms with Crippen LogP contribution in [0, 0.1) is 0 Å². The second-order valence-corrected chi connectivity index (χ2v) is 4.26. The summed E-state index contributed by atoms with van der Waals surface area (Å²) >= 11 is 0. The van der Waals surface area contributed by atoms with Gasteiger partial charge >= 0.3 is 0 Å². The van der Waals surface area contributed by atoms with E-state index >= 15 is 0 Å². The van der Waals surface area contributed by atoms with E-state index in [0.29, 0.717) is 0 Å². The molecule has 90 valence electrons. The predicted molar refractivity (Wildman–Crippen MR) is 65.1 cm³/mol. The van der Waals surface area contributed by atoms with Crippen molar-refractivity contribution < 1.29 is 4.74 Å². The molecule has 5 nitrogen and oxygen atoms in total. The Hall–Kier alpha value is -1.62. The molecule has 1 unspecified atom stereocenters. The van der Waals surface area contributed by atoms with Crippen molar-refractivity contribution in [3.05, 3.63) is 18.2 Å². The lowest BCUT2D eigenvalue weighted by Crippen LogP contribution is -2.19. The van der Waals surface area contributed by atoms with E-state index in [1.54, 1.807) is 0 Å². The molecule has 1 N–H and O–H groups in total. The number of nitrogens with one attached hydrogen (secondary N) is 1. The highest BCUT2D eigenvalue weighted by molar-refractivity contribution is 5.81. The van der Waals surface area contributed by atoms with Crippen LogP contribution >= 0.6 is 0 Å². The number of hydrogen-bond donors (Lipinski definition) is 1. The first kappa shape index (κ1) is 10.5. The van der Waals surface area contributed by atoms with Gasteiger partial charge in [0.25, 0.3) is 0 Å².